The Morgan fingerprint density at radius 1 is 1.00 bits per heavy atom. The Morgan fingerprint density at radius 3 is 2.42 bits per heavy atom. The van der Waals surface area contributed by atoms with Crippen LogP contribution in [0.25, 0.3) is 0 Å². The molecular formula is C27H36N4O2. The fraction of sp³-hybridized carbons (Fsp3) is 0.481. The lowest BCUT2D eigenvalue weighted by molar-refractivity contribution is -0.147. The van der Waals surface area contributed by atoms with Gasteiger partial charge in [-0.05, 0) is 56.2 Å². The summed E-state index contributed by atoms with van der Waals surface area (Å²) in [6.07, 6.45) is 1.78. The highest BCUT2D eigenvalue weighted by atomic mass is 16.2. The molecule has 0 aromatic heterocycles. The third kappa shape index (κ3) is 5.28. The van der Waals surface area contributed by atoms with Gasteiger partial charge in [-0.3, -0.25) is 19.4 Å². The van der Waals surface area contributed by atoms with E-state index in [2.05, 4.69) is 64.3 Å². The summed E-state index contributed by atoms with van der Waals surface area (Å²) in [6, 6.07) is 18.4. The number of piperazine rings is 1. The average molecular weight is 449 g/mol. The van der Waals surface area contributed by atoms with Crippen molar-refractivity contribution in [3.05, 3.63) is 71.3 Å². The van der Waals surface area contributed by atoms with Gasteiger partial charge in [-0.1, -0.05) is 49.4 Å². The minimum absolute atomic E-state index is 0.0852. The van der Waals surface area contributed by atoms with E-state index in [1.807, 2.05) is 24.3 Å². The maximum absolute atomic E-state index is 13.7. The molecule has 0 aliphatic carbocycles. The predicted octanol–water partition coefficient (Wildman–Crippen LogP) is 3.16. The monoisotopic (exact) mass is 448 g/mol. The fourth-order valence-electron chi connectivity index (χ4n) is 5.09. The Labute approximate surface area is 197 Å². The van der Waals surface area contributed by atoms with Crippen LogP contribution in [0.2, 0.25) is 0 Å². The number of carbonyl (C=O) groups is 2. The molecule has 33 heavy (non-hydrogen) atoms. The zero-order valence-electron chi connectivity index (χ0n) is 20.1. The van der Waals surface area contributed by atoms with E-state index in [-0.39, 0.29) is 23.3 Å². The average Bonchev–Trinajstić information content (AvgIpc) is 2.85. The molecule has 6 heteroatoms. The third-order valence-corrected chi connectivity index (χ3v) is 7.42. The molecule has 0 spiro atoms. The lowest BCUT2D eigenvalue weighted by Crippen LogP contribution is -2.55. The largest absolute Gasteiger partial charge is 0.355 e. The Kier molecular flexibility index (Phi) is 7.15. The Balaban J connectivity index is 1.40. The van der Waals surface area contributed by atoms with Gasteiger partial charge < -0.3 is 10.2 Å². The maximum Gasteiger partial charge on any atom is 0.251 e. The van der Waals surface area contributed by atoms with Crippen molar-refractivity contribution in [3.63, 3.8) is 0 Å². The van der Waals surface area contributed by atoms with Gasteiger partial charge in [-0.15, -0.1) is 0 Å². The van der Waals surface area contributed by atoms with Gasteiger partial charge >= 0.3 is 0 Å². The van der Waals surface area contributed by atoms with Crippen LogP contribution in [0.15, 0.2) is 54.6 Å². The van der Waals surface area contributed by atoms with E-state index < -0.39 is 0 Å². The number of likely N-dealkylation sites (N-methyl/N-ethyl adjacent to an activating group) is 1. The first-order valence-electron chi connectivity index (χ1n) is 12.0. The molecule has 0 saturated carbocycles. The van der Waals surface area contributed by atoms with Gasteiger partial charge in [0.1, 0.15) is 0 Å². The number of nitrogens with zero attached hydrogens (tertiary/aromatic N) is 3. The molecule has 0 bridgehead atoms. The van der Waals surface area contributed by atoms with Crippen LogP contribution in [0.5, 0.6) is 0 Å². The molecule has 6 nitrogen and oxygen atoms in total. The summed E-state index contributed by atoms with van der Waals surface area (Å²) in [5.41, 5.74) is 2.76. The van der Waals surface area contributed by atoms with Gasteiger partial charge in [0.15, 0.2) is 0 Å². The molecule has 1 N–H and O–H groups in total. The molecule has 2 aromatic carbocycles. The van der Waals surface area contributed by atoms with Gasteiger partial charge in [-0.2, -0.15) is 0 Å². The van der Waals surface area contributed by atoms with E-state index in [0.717, 1.165) is 51.1 Å². The topological polar surface area (TPSA) is 55.9 Å². The Hall–Kier alpha value is -2.70. The SMILES string of the molecule is CNC(=O)c1cccc([C@H]2CN(C(=O)C3(C)CCN(Cc4ccccc4)CC3)CCN2C)c1. The molecule has 2 aromatic rings. The van der Waals surface area contributed by atoms with Gasteiger partial charge in [0.2, 0.25) is 5.91 Å². The summed E-state index contributed by atoms with van der Waals surface area (Å²) >= 11 is 0. The van der Waals surface area contributed by atoms with E-state index in [4.69, 9.17) is 0 Å². The van der Waals surface area contributed by atoms with Crippen molar-refractivity contribution in [2.24, 2.45) is 5.41 Å². The Morgan fingerprint density at radius 2 is 1.73 bits per heavy atom. The van der Waals surface area contributed by atoms with Crippen LogP contribution in [-0.4, -0.2) is 73.3 Å². The van der Waals surface area contributed by atoms with Crippen molar-refractivity contribution in [1.82, 2.24) is 20.0 Å². The highest BCUT2D eigenvalue weighted by molar-refractivity contribution is 5.94. The first-order valence-corrected chi connectivity index (χ1v) is 12.0. The zero-order chi connectivity index (χ0) is 23.4. The Bertz CT molecular complexity index is 969. The summed E-state index contributed by atoms with van der Waals surface area (Å²) in [4.78, 5) is 32.6. The van der Waals surface area contributed by atoms with E-state index in [0.29, 0.717) is 12.1 Å². The molecule has 4 rings (SSSR count). The number of nitrogens with one attached hydrogen (secondary N) is 1. The van der Waals surface area contributed by atoms with Gasteiger partial charge in [0, 0.05) is 44.2 Å². The first kappa shape index (κ1) is 23.5. The van der Waals surface area contributed by atoms with Crippen molar-refractivity contribution < 1.29 is 9.59 Å². The molecule has 2 aliphatic heterocycles. The van der Waals surface area contributed by atoms with E-state index in [1.165, 1.54) is 5.56 Å². The van der Waals surface area contributed by atoms with Crippen molar-refractivity contribution in [3.8, 4) is 0 Å². The van der Waals surface area contributed by atoms with Crippen molar-refractivity contribution in [2.45, 2.75) is 32.4 Å². The number of carbonyl (C=O) groups excluding carboxylic acids is 2. The van der Waals surface area contributed by atoms with Gasteiger partial charge in [0.25, 0.3) is 5.91 Å². The van der Waals surface area contributed by atoms with Crippen molar-refractivity contribution in [1.29, 1.82) is 0 Å². The quantitative estimate of drug-likeness (QED) is 0.764. The summed E-state index contributed by atoms with van der Waals surface area (Å²) in [7, 11) is 3.75. The highest BCUT2D eigenvalue weighted by Gasteiger charge is 2.41. The van der Waals surface area contributed by atoms with Gasteiger partial charge in [-0.25, -0.2) is 0 Å². The zero-order valence-corrected chi connectivity index (χ0v) is 20.1. The molecule has 2 fully saturated rings. The number of hydrogen-bond acceptors (Lipinski definition) is 4. The molecule has 1 atom stereocenters. The fourth-order valence-corrected chi connectivity index (χ4v) is 5.09. The molecule has 0 radical (unpaired) electrons. The van der Waals surface area contributed by atoms with Crippen LogP contribution < -0.4 is 5.32 Å². The molecule has 176 valence electrons. The molecule has 2 heterocycles. The van der Waals surface area contributed by atoms with Crippen LogP contribution in [0.1, 0.15) is 47.3 Å². The third-order valence-electron chi connectivity index (χ3n) is 7.42. The van der Waals surface area contributed by atoms with E-state index >= 15 is 0 Å². The number of hydrogen-bond donors (Lipinski definition) is 1. The highest BCUT2D eigenvalue weighted by Crippen LogP contribution is 2.35. The lowest BCUT2D eigenvalue weighted by Gasteiger charge is -2.45. The number of benzene rings is 2. The van der Waals surface area contributed by atoms with Crippen molar-refractivity contribution >= 4 is 11.8 Å². The van der Waals surface area contributed by atoms with Gasteiger partial charge in [0.05, 0.1) is 6.04 Å². The van der Waals surface area contributed by atoms with E-state index in [9.17, 15) is 9.59 Å². The molecule has 2 saturated heterocycles. The summed E-state index contributed by atoms with van der Waals surface area (Å²) in [5, 5.41) is 2.70. The summed E-state index contributed by atoms with van der Waals surface area (Å²) in [6.45, 7) is 7.24. The van der Waals surface area contributed by atoms with Crippen LogP contribution in [0.3, 0.4) is 0 Å². The predicted molar refractivity (Wildman–Crippen MR) is 131 cm³/mol. The molecule has 2 aliphatic rings. The van der Waals surface area contributed by atoms with Crippen molar-refractivity contribution in [2.75, 3.05) is 46.8 Å². The van der Waals surface area contributed by atoms with Crippen LogP contribution in [-0.2, 0) is 11.3 Å². The normalized spacial score (nSPS) is 21.5. The lowest BCUT2D eigenvalue weighted by atomic mass is 9.78. The molecule has 2 amide bonds. The second-order valence-corrected chi connectivity index (χ2v) is 9.77. The molecule has 0 unspecified atom stereocenters. The van der Waals surface area contributed by atoms with E-state index in [1.54, 1.807) is 7.05 Å². The maximum atomic E-state index is 13.7. The standard InChI is InChI=1S/C27H36N4O2/c1-27(12-14-30(15-13-27)19-21-8-5-4-6-9-21)26(33)31-17-16-29(3)24(20-31)22-10-7-11-23(18-22)25(32)28-2/h4-11,18,24H,12-17,19-20H2,1-3H3,(H,28,32)/t24-/m1/s1. The number of piperidine rings is 1. The van der Waals surface area contributed by atoms with Crippen LogP contribution >= 0.6 is 0 Å². The second-order valence-electron chi connectivity index (χ2n) is 9.77. The number of amides is 2. The summed E-state index contributed by atoms with van der Waals surface area (Å²) < 4.78 is 0. The minimum Gasteiger partial charge on any atom is -0.355 e. The number of likely N-dealkylation sites (tertiary alicyclic amines) is 1. The number of rotatable bonds is 5. The smallest absolute Gasteiger partial charge is 0.251 e. The van der Waals surface area contributed by atoms with Crippen LogP contribution in [0, 0.1) is 5.41 Å². The summed E-state index contributed by atoms with van der Waals surface area (Å²) in [5.74, 6) is 0.195. The molecular weight excluding hydrogens is 412 g/mol. The minimum atomic E-state index is -0.308. The second kappa shape index (κ2) is 10.1. The first-order chi connectivity index (χ1) is 15.9. The van der Waals surface area contributed by atoms with Crippen LogP contribution in [0.4, 0.5) is 0 Å².